The van der Waals surface area contributed by atoms with Crippen molar-refractivity contribution >= 4 is 16.6 Å². The summed E-state index contributed by atoms with van der Waals surface area (Å²) in [5.74, 6) is -0.145. The fourth-order valence-corrected chi connectivity index (χ4v) is 3.68. The van der Waals surface area contributed by atoms with Crippen LogP contribution >= 0.6 is 0 Å². The van der Waals surface area contributed by atoms with Gasteiger partial charge in [-0.2, -0.15) is 10.4 Å². The average Bonchev–Trinajstić information content (AvgIpc) is 3.11. The van der Waals surface area contributed by atoms with Crippen molar-refractivity contribution in [2.45, 2.75) is 13.0 Å². The van der Waals surface area contributed by atoms with Crippen LogP contribution in [-0.2, 0) is 6.54 Å². The molecule has 5 nitrogen and oxygen atoms in total. The van der Waals surface area contributed by atoms with E-state index in [1.54, 1.807) is 6.07 Å². The molecular formula is C21H22FN5. The highest BCUT2D eigenvalue weighted by atomic mass is 19.1. The SMILES string of the molecule is N#Cc1ccc2cnn(CCCN3CCN(c4ccccc4F)CC3)c2c1. The van der Waals surface area contributed by atoms with Crippen molar-refractivity contribution < 1.29 is 4.39 Å². The highest BCUT2D eigenvalue weighted by Gasteiger charge is 2.18. The molecule has 0 atom stereocenters. The van der Waals surface area contributed by atoms with Crippen LogP contribution in [0.4, 0.5) is 10.1 Å². The van der Waals surface area contributed by atoms with Crippen molar-refractivity contribution in [3.63, 3.8) is 0 Å². The molecule has 0 amide bonds. The van der Waals surface area contributed by atoms with Crippen molar-refractivity contribution in [2.24, 2.45) is 0 Å². The number of anilines is 1. The van der Waals surface area contributed by atoms with Crippen LogP contribution in [0.1, 0.15) is 12.0 Å². The van der Waals surface area contributed by atoms with Crippen LogP contribution in [-0.4, -0.2) is 47.4 Å². The average molecular weight is 363 g/mol. The molecule has 1 aromatic heterocycles. The smallest absolute Gasteiger partial charge is 0.146 e. The zero-order valence-electron chi connectivity index (χ0n) is 15.2. The molecule has 0 bridgehead atoms. The van der Waals surface area contributed by atoms with E-state index >= 15 is 0 Å². The standard InChI is InChI=1S/C21H22FN5/c22-19-4-1-2-5-20(19)26-12-10-25(11-13-26)8-3-9-27-21-14-17(15-23)6-7-18(21)16-24-27/h1-2,4-7,14,16H,3,8-13H2. The van der Waals surface area contributed by atoms with E-state index in [4.69, 9.17) is 5.26 Å². The van der Waals surface area contributed by atoms with Crippen LogP contribution in [0.5, 0.6) is 0 Å². The van der Waals surface area contributed by atoms with E-state index in [1.807, 2.05) is 41.2 Å². The zero-order chi connectivity index (χ0) is 18.6. The lowest BCUT2D eigenvalue weighted by Crippen LogP contribution is -2.47. The monoisotopic (exact) mass is 363 g/mol. The zero-order valence-corrected chi connectivity index (χ0v) is 15.2. The van der Waals surface area contributed by atoms with Gasteiger partial charge in [0.25, 0.3) is 0 Å². The second-order valence-corrected chi connectivity index (χ2v) is 6.89. The van der Waals surface area contributed by atoms with Crippen LogP contribution in [0.15, 0.2) is 48.7 Å². The topological polar surface area (TPSA) is 48.1 Å². The summed E-state index contributed by atoms with van der Waals surface area (Å²) >= 11 is 0. The molecule has 138 valence electrons. The number of nitrogens with zero attached hydrogens (tertiary/aromatic N) is 5. The predicted molar refractivity (Wildman–Crippen MR) is 104 cm³/mol. The van der Waals surface area contributed by atoms with Gasteiger partial charge in [0, 0.05) is 44.7 Å². The fourth-order valence-electron chi connectivity index (χ4n) is 3.68. The maximum atomic E-state index is 13.9. The summed E-state index contributed by atoms with van der Waals surface area (Å²) in [4.78, 5) is 4.54. The Kier molecular flexibility index (Phi) is 5.03. The molecule has 2 heterocycles. The van der Waals surface area contributed by atoms with Crippen LogP contribution in [0.3, 0.4) is 0 Å². The van der Waals surface area contributed by atoms with E-state index in [0.717, 1.165) is 56.6 Å². The van der Waals surface area contributed by atoms with Crippen molar-refractivity contribution in [3.05, 3.63) is 60.0 Å². The first-order chi connectivity index (χ1) is 13.2. The Labute approximate surface area is 158 Å². The number of fused-ring (bicyclic) bond motifs is 1. The molecule has 1 fully saturated rings. The number of hydrogen-bond donors (Lipinski definition) is 0. The molecule has 0 saturated carbocycles. The van der Waals surface area contributed by atoms with Gasteiger partial charge in [0.15, 0.2) is 0 Å². The Hall–Kier alpha value is -2.91. The van der Waals surface area contributed by atoms with Gasteiger partial charge >= 0.3 is 0 Å². The van der Waals surface area contributed by atoms with E-state index in [9.17, 15) is 4.39 Å². The Morgan fingerprint density at radius 1 is 1.04 bits per heavy atom. The number of aromatic nitrogens is 2. The minimum atomic E-state index is -0.145. The maximum Gasteiger partial charge on any atom is 0.146 e. The predicted octanol–water partition coefficient (Wildman–Crippen LogP) is 3.26. The summed E-state index contributed by atoms with van der Waals surface area (Å²) in [6.45, 7) is 5.38. The Morgan fingerprint density at radius 3 is 2.63 bits per heavy atom. The number of rotatable bonds is 5. The molecule has 2 aromatic carbocycles. The number of hydrogen-bond acceptors (Lipinski definition) is 4. The molecule has 4 rings (SSSR count). The molecule has 1 saturated heterocycles. The summed E-state index contributed by atoms with van der Waals surface area (Å²) in [6, 6.07) is 14.8. The summed E-state index contributed by atoms with van der Waals surface area (Å²) < 4.78 is 15.9. The highest BCUT2D eigenvalue weighted by Crippen LogP contribution is 2.20. The first-order valence-electron chi connectivity index (χ1n) is 9.32. The summed E-state index contributed by atoms with van der Waals surface area (Å²) in [6.07, 6.45) is 2.84. The van der Waals surface area contributed by atoms with Gasteiger partial charge in [0.2, 0.25) is 0 Å². The molecule has 27 heavy (non-hydrogen) atoms. The van der Waals surface area contributed by atoms with Crippen molar-refractivity contribution in [1.82, 2.24) is 14.7 Å². The van der Waals surface area contributed by atoms with Gasteiger partial charge in [-0.3, -0.25) is 9.58 Å². The lowest BCUT2D eigenvalue weighted by molar-refractivity contribution is 0.249. The quantitative estimate of drug-likeness (QED) is 0.698. The van der Waals surface area contributed by atoms with Gasteiger partial charge in [-0.25, -0.2) is 4.39 Å². The lowest BCUT2D eigenvalue weighted by atomic mass is 10.2. The molecule has 0 aliphatic carbocycles. The molecule has 0 N–H and O–H groups in total. The maximum absolute atomic E-state index is 13.9. The first kappa shape index (κ1) is 17.5. The molecule has 1 aliphatic rings. The van der Waals surface area contributed by atoms with Gasteiger partial charge in [-0.05, 0) is 36.8 Å². The number of halogens is 1. The van der Waals surface area contributed by atoms with E-state index in [0.29, 0.717) is 11.3 Å². The third-order valence-corrected chi connectivity index (χ3v) is 5.18. The van der Waals surface area contributed by atoms with Crippen LogP contribution in [0, 0.1) is 17.1 Å². The number of nitriles is 1. The molecule has 1 aliphatic heterocycles. The number of piperazine rings is 1. The Morgan fingerprint density at radius 2 is 1.85 bits per heavy atom. The highest BCUT2D eigenvalue weighted by molar-refractivity contribution is 5.80. The molecule has 0 unspecified atom stereocenters. The van der Waals surface area contributed by atoms with Crippen LogP contribution < -0.4 is 4.90 Å². The van der Waals surface area contributed by atoms with Crippen LogP contribution in [0.25, 0.3) is 10.9 Å². The third-order valence-electron chi connectivity index (χ3n) is 5.18. The fraction of sp³-hybridized carbons (Fsp3) is 0.333. The van der Waals surface area contributed by atoms with Crippen molar-refractivity contribution in [2.75, 3.05) is 37.6 Å². The Balaban J connectivity index is 1.30. The van der Waals surface area contributed by atoms with E-state index in [2.05, 4.69) is 21.0 Å². The summed E-state index contributed by atoms with van der Waals surface area (Å²) in [7, 11) is 0. The second-order valence-electron chi connectivity index (χ2n) is 6.89. The van der Waals surface area contributed by atoms with E-state index in [-0.39, 0.29) is 5.82 Å². The lowest BCUT2D eigenvalue weighted by Gasteiger charge is -2.36. The van der Waals surface area contributed by atoms with E-state index in [1.165, 1.54) is 6.07 Å². The van der Waals surface area contributed by atoms with E-state index < -0.39 is 0 Å². The summed E-state index contributed by atoms with van der Waals surface area (Å²) in [5, 5.41) is 14.6. The van der Waals surface area contributed by atoms with Crippen LogP contribution in [0.2, 0.25) is 0 Å². The third kappa shape index (κ3) is 3.79. The molecular weight excluding hydrogens is 341 g/mol. The van der Waals surface area contributed by atoms with Gasteiger partial charge in [-0.15, -0.1) is 0 Å². The number of para-hydroxylation sites is 1. The molecule has 0 spiro atoms. The normalized spacial score (nSPS) is 15.2. The molecule has 6 heteroatoms. The van der Waals surface area contributed by atoms with Gasteiger partial charge in [0.1, 0.15) is 5.82 Å². The van der Waals surface area contributed by atoms with Crippen molar-refractivity contribution in [1.29, 1.82) is 5.26 Å². The number of benzene rings is 2. The number of aryl methyl sites for hydroxylation is 1. The van der Waals surface area contributed by atoms with Gasteiger partial charge in [0.05, 0.1) is 29.0 Å². The minimum Gasteiger partial charge on any atom is -0.367 e. The second kappa shape index (κ2) is 7.77. The molecule has 3 aromatic rings. The minimum absolute atomic E-state index is 0.145. The molecule has 0 radical (unpaired) electrons. The largest absolute Gasteiger partial charge is 0.367 e. The van der Waals surface area contributed by atoms with Gasteiger partial charge in [-0.1, -0.05) is 12.1 Å². The van der Waals surface area contributed by atoms with Crippen molar-refractivity contribution in [3.8, 4) is 6.07 Å². The summed E-state index contributed by atoms with van der Waals surface area (Å²) in [5.41, 5.74) is 2.38. The Bertz CT molecular complexity index is 966. The van der Waals surface area contributed by atoms with Gasteiger partial charge < -0.3 is 4.90 Å². The first-order valence-corrected chi connectivity index (χ1v) is 9.32.